The smallest absolute Gasteiger partial charge is 0.333 e. The maximum Gasteiger partial charge on any atom is 0.333 e. The maximum absolute atomic E-state index is 13.9. The number of benzene rings is 2. The van der Waals surface area contributed by atoms with E-state index in [1.807, 2.05) is 0 Å². The highest BCUT2D eigenvalue weighted by molar-refractivity contribution is 7.93. The fraction of sp³-hybridized carbons (Fsp3) is 0.211. The van der Waals surface area contributed by atoms with Crippen LogP contribution in [0.5, 0.6) is 0 Å². The highest BCUT2D eigenvalue weighted by atomic mass is 35.5. The van der Waals surface area contributed by atoms with E-state index in [4.69, 9.17) is 27.9 Å². The normalized spacial score (nSPS) is 13.6. The number of aromatic amines is 1. The maximum atomic E-state index is 13.9. The van der Waals surface area contributed by atoms with Crippen LogP contribution in [0.15, 0.2) is 59.8 Å². The van der Waals surface area contributed by atoms with Gasteiger partial charge in [-0.3, -0.25) is 5.10 Å². The summed E-state index contributed by atoms with van der Waals surface area (Å²) < 4.78 is 30.8. The molecule has 7 nitrogen and oxygen atoms in total. The molecule has 152 valence electrons. The van der Waals surface area contributed by atoms with Crippen LogP contribution in [0.3, 0.4) is 0 Å². The Balaban J connectivity index is 2.37. The van der Waals surface area contributed by atoms with Crippen molar-refractivity contribution in [1.82, 2.24) is 15.2 Å². The van der Waals surface area contributed by atoms with Gasteiger partial charge in [0.2, 0.25) is 4.75 Å². The van der Waals surface area contributed by atoms with Gasteiger partial charge in [-0.15, -0.1) is 0 Å². The molecule has 10 heteroatoms. The molecular weight excluding hydrogens is 437 g/mol. The number of esters is 1. The largest absolute Gasteiger partial charge is 0.465 e. The number of carbonyl (C=O) groups excluding carboxylic acids is 1. The van der Waals surface area contributed by atoms with Crippen molar-refractivity contribution in [2.75, 3.05) is 6.61 Å². The summed E-state index contributed by atoms with van der Waals surface area (Å²) in [5.41, 5.74) is 0.0377. The van der Waals surface area contributed by atoms with Crippen LogP contribution in [-0.4, -0.2) is 36.2 Å². The minimum atomic E-state index is -4.34. The lowest BCUT2D eigenvalue weighted by Crippen LogP contribution is -2.47. The van der Waals surface area contributed by atoms with Gasteiger partial charge in [0, 0.05) is 22.0 Å². The minimum absolute atomic E-state index is 0.0144. The predicted molar refractivity (Wildman–Crippen MR) is 108 cm³/mol. The Kier molecular flexibility index (Phi) is 6.26. The molecule has 1 heterocycles. The summed E-state index contributed by atoms with van der Waals surface area (Å²) in [6.45, 7) is 1.57. The molecule has 0 spiro atoms. The second-order valence-corrected chi connectivity index (χ2v) is 9.10. The number of rotatable bonds is 7. The molecule has 1 aromatic heterocycles. The SMILES string of the molecule is CCOC(=O)C(Cc1nc[nH]n1)(c1ccc(Cl)cc1Cl)S(=O)(=O)c1ccccc1. The molecular formula is C19H17Cl2N3O4S. The molecule has 0 amide bonds. The second kappa shape index (κ2) is 8.52. The summed E-state index contributed by atoms with van der Waals surface area (Å²) in [4.78, 5) is 17.2. The molecule has 29 heavy (non-hydrogen) atoms. The lowest BCUT2D eigenvalue weighted by molar-refractivity contribution is -0.146. The predicted octanol–water partition coefficient (Wildman–Crippen LogP) is 3.59. The Bertz CT molecular complexity index is 1110. The highest BCUT2D eigenvalue weighted by Crippen LogP contribution is 2.43. The van der Waals surface area contributed by atoms with Crippen molar-refractivity contribution in [2.45, 2.75) is 23.0 Å². The number of carbonyl (C=O) groups is 1. The van der Waals surface area contributed by atoms with Crippen LogP contribution in [0.25, 0.3) is 0 Å². The third kappa shape index (κ3) is 3.88. The van der Waals surface area contributed by atoms with Crippen LogP contribution in [-0.2, 0) is 30.5 Å². The molecule has 0 saturated heterocycles. The third-order valence-electron chi connectivity index (χ3n) is 4.36. The average molecular weight is 454 g/mol. The molecule has 0 aliphatic rings. The Morgan fingerprint density at radius 3 is 2.48 bits per heavy atom. The fourth-order valence-corrected chi connectivity index (χ4v) is 5.64. The highest BCUT2D eigenvalue weighted by Gasteiger charge is 2.56. The van der Waals surface area contributed by atoms with Crippen molar-refractivity contribution in [3.63, 3.8) is 0 Å². The van der Waals surface area contributed by atoms with Crippen LogP contribution in [0.2, 0.25) is 10.0 Å². The number of H-pyrrole nitrogens is 1. The Morgan fingerprint density at radius 2 is 1.90 bits per heavy atom. The zero-order valence-corrected chi connectivity index (χ0v) is 17.6. The first kappa shape index (κ1) is 21.3. The van der Waals surface area contributed by atoms with Crippen molar-refractivity contribution in [1.29, 1.82) is 0 Å². The minimum Gasteiger partial charge on any atom is -0.465 e. The molecule has 1 unspecified atom stereocenters. The Hall–Kier alpha value is -2.42. The topological polar surface area (TPSA) is 102 Å². The zero-order chi connectivity index (χ0) is 21.1. The molecule has 0 fully saturated rings. The van der Waals surface area contributed by atoms with E-state index in [-0.39, 0.29) is 34.3 Å². The average Bonchev–Trinajstić information content (AvgIpc) is 3.20. The molecule has 1 atom stereocenters. The van der Waals surface area contributed by atoms with Gasteiger partial charge in [0.1, 0.15) is 6.33 Å². The summed E-state index contributed by atoms with van der Waals surface area (Å²) in [7, 11) is -4.34. The van der Waals surface area contributed by atoms with Gasteiger partial charge in [0.25, 0.3) is 0 Å². The van der Waals surface area contributed by atoms with Crippen molar-refractivity contribution in [3.05, 3.63) is 76.3 Å². The lowest BCUT2D eigenvalue weighted by Gasteiger charge is -2.31. The second-order valence-electron chi connectivity index (χ2n) is 6.08. The molecule has 0 aliphatic carbocycles. The number of halogens is 2. The molecule has 0 bridgehead atoms. The number of ether oxygens (including phenoxy) is 1. The van der Waals surface area contributed by atoms with Gasteiger partial charge < -0.3 is 4.74 Å². The van der Waals surface area contributed by atoms with E-state index in [2.05, 4.69) is 15.2 Å². The first-order valence-electron chi connectivity index (χ1n) is 8.60. The summed E-state index contributed by atoms with van der Waals surface area (Å²) in [6.07, 6.45) is 0.914. The third-order valence-corrected chi connectivity index (χ3v) is 7.24. The molecule has 0 aliphatic heterocycles. The van der Waals surface area contributed by atoms with Crippen molar-refractivity contribution >= 4 is 39.0 Å². The van der Waals surface area contributed by atoms with Gasteiger partial charge in [-0.1, -0.05) is 47.5 Å². The van der Waals surface area contributed by atoms with Crippen LogP contribution in [0.4, 0.5) is 0 Å². The lowest BCUT2D eigenvalue weighted by atomic mass is 9.94. The Morgan fingerprint density at radius 1 is 1.17 bits per heavy atom. The molecule has 0 saturated carbocycles. The van der Waals surface area contributed by atoms with Gasteiger partial charge in [0.05, 0.1) is 11.5 Å². The standard InChI is InChI=1S/C19H17Cl2N3O4S/c1-2-28-18(25)19(11-17-22-12-23-24-17,15-9-8-13(20)10-16(15)21)29(26,27)14-6-4-3-5-7-14/h3-10,12H,2,11H2,1H3,(H,22,23,24). The van der Waals surface area contributed by atoms with Gasteiger partial charge >= 0.3 is 5.97 Å². The molecule has 3 rings (SSSR count). The van der Waals surface area contributed by atoms with E-state index in [0.29, 0.717) is 5.02 Å². The molecule has 3 aromatic rings. The van der Waals surface area contributed by atoms with E-state index in [1.165, 1.54) is 36.7 Å². The number of hydrogen-bond acceptors (Lipinski definition) is 6. The van der Waals surface area contributed by atoms with Gasteiger partial charge in [-0.05, 0) is 31.2 Å². The molecule has 0 radical (unpaired) electrons. The first-order chi connectivity index (χ1) is 13.8. The van der Waals surface area contributed by atoms with Gasteiger partial charge in [-0.2, -0.15) is 5.10 Å². The van der Waals surface area contributed by atoms with Crippen LogP contribution in [0, 0.1) is 0 Å². The van der Waals surface area contributed by atoms with Crippen LogP contribution in [0.1, 0.15) is 18.3 Å². The number of nitrogens with one attached hydrogen (secondary N) is 1. The van der Waals surface area contributed by atoms with Crippen molar-refractivity contribution in [3.8, 4) is 0 Å². The first-order valence-corrected chi connectivity index (χ1v) is 10.8. The van der Waals surface area contributed by atoms with Crippen molar-refractivity contribution in [2.24, 2.45) is 0 Å². The van der Waals surface area contributed by atoms with Gasteiger partial charge in [-0.25, -0.2) is 18.2 Å². The number of nitrogens with zero attached hydrogens (tertiary/aromatic N) is 2. The fourth-order valence-electron chi connectivity index (χ4n) is 3.04. The van der Waals surface area contributed by atoms with E-state index in [9.17, 15) is 13.2 Å². The summed E-state index contributed by atoms with van der Waals surface area (Å²) in [6, 6.07) is 11.9. The van der Waals surface area contributed by atoms with E-state index in [0.717, 1.165) is 0 Å². The Labute approximate surface area is 177 Å². The number of sulfone groups is 1. The summed E-state index contributed by atoms with van der Waals surface area (Å²) in [5.74, 6) is -0.860. The van der Waals surface area contributed by atoms with Crippen LogP contribution >= 0.6 is 23.2 Å². The summed E-state index contributed by atoms with van der Waals surface area (Å²) >= 11 is 12.4. The van der Waals surface area contributed by atoms with Crippen molar-refractivity contribution < 1.29 is 17.9 Å². The number of hydrogen-bond donors (Lipinski definition) is 1. The monoisotopic (exact) mass is 453 g/mol. The van der Waals surface area contributed by atoms with E-state index in [1.54, 1.807) is 25.1 Å². The van der Waals surface area contributed by atoms with Crippen LogP contribution < -0.4 is 0 Å². The van der Waals surface area contributed by atoms with Gasteiger partial charge in [0.15, 0.2) is 15.7 Å². The van der Waals surface area contributed by atoms with E-state index < -0.39 is 20.6 Å². The molecule has 1 N–H and O–H groups in total. The summed E-state index contributed by atoms with van der Waals surface area (Å²) in [5, 5.41) is 6.79. The number of aromatic nitrogens is 3. The quantitative estimate of drug-likeness (QED) is 0.548. The molecule has 2 aromatic carbocycles. The zero-order valence-electron chi connectivity index (χ0n) is 15.3. The van der Waals surface area contributed by atoms with E-state index >= 15 is 0 Å².